The molecule has 5 rings (SSSR count). The zero-order valence-electron chi connectivity index (χ0n) is 21.2. The van der Waals surface area contributed by atoms with Crippen molar-refractivity contribution >= 4 is 44.0 Å². The summed E-state index contributed by atoms with van der Waals surface area (Å²) in [5.41, 5.74) is 4.61. The highest BCUT2D eigenvalue weighted by Gasteiger charge is 2.23. The first kappa shape index (κ1) is 24.7. The van der Waals surface area contributed by atoms with Gasteiger partial charge in [-0.05, 0) is 42.8 Å². The van der Waals surface area contributed by atoms with Crippen LogP contribution in [0.15, 0.2) is 81.1 Å². The van der Waals surface area contributed by atoms with E-state index < -0.39 is 5.41 Å². The van der Waals surface area contributed by atoms with Crippen molar-refractivity contribution in [3.05, 3.63) is 110 Å². The van der Waals surface area contributed by atoms with Gasteiger partial charge in [0, 0.05) is 38.6 Å². The molecule has 0 aliphatic rings. The molecule has 2 heterocycles. The van der Waals surface area contributed by atoms with Crippen LogP contribution < -0.4 is 5.56 Å². The number of benzene rings is 3. The van der Waals surface area contributed by atoms with Crippen LogP contribution in [-0.4, -0.2) is 20.4 Å². The summed E-state index contributed by atoms with van der Waals surface area (Å²) >= 11 is 3.46. The molecule has 0 aliphatic heterocycles. The SMILES string of the molecule is Cc1c(C=Nn2c(C(C)(C)C)nc3ccc(Br)cc3c2=O)c2ccccc2n1Cc1ccccc1C#N. The van der Waals surface area contributed by atoms with Gasteiger partial charge in [0.2, 0.25) is 0 Å². The molecule has 0 radical (unpaired) electrons. The zero-order valence-corrected chi connectivity index (χ0v) is 22.7. The van der Waals surface area contributed by atoms with Crippen LogP contribution in [0, 0.1) is 18.3 Å². The highest BCUT2D eigenvalue weighted by Crippen LogP contribution is 2.27. The molecular formula is C30H26BrN5O. The molecule has 2 aromatic heterocycles. The van der Waals surface area contributed by atoms with Gasteiger partial charge in [-0.1, -0.05) is 73.1 Å². The highest BCUT2D eigenvalue weighted by molar-refractivity contribution is 9.10. The predicted octanol–water partition coefficient (Wildman–Crippen LogP) is 6.52. The highest BCUT2D eigenvalue weighted by atomic mass is 79.9. The number of hydrogen-bond donors (Lipinski definition) is 0. The van der Waals surface area contributed by atoms with E-state index in [4.69, 9.17) is 10.1 Å². The Bertz CT molecular complexity index is 1800. The Kier molecular flexibility index (Phi) is 6.30. The average Bonchev–Trinajstić information content (AvgIpc) is 3.14. The van der Waals surface area contributed by atoms with E-state index in [0.29, 0.717) is 28.8 Å². The monoisotopic (exact) mass is 551 g/mol. The van der Waals surface area contributed by atoms with Crippen molar-refractivity contribution in [3.8, 4) is 6.07 Å². The first-order valence-corrected chi connectivity index (χ1v) is 12.8. The average molecular weight is 552 g/mol. The molecule has 0 atom stereocenters. The minimum absolute atomic E-state index is 0.211. The van der Waals surface area contributed by atoms with Crippen LogP contribution in [0.1, 0.15) is 49.0 Å². The van der Waals surface area contributed by atoms with Crippen molar-refractivity contribution in [2.75, 3.05) is 0 Å². The largest absolute Gasteiger partial charge is 0.340 e. The molecule has 0 bridgehead atoms. The minimum Gasteiger partial charge on any atom is -0.340 e. The quantitative estimate of drug-likeness (QED) is 0.238. The maximum Gasteiger partial charge on any atom is 0.282 e. The van der Waals surface area contributed by atoms with Crippen LogP contribution in [0.25, 0.3) is 21.8 Å². The van der Waals surface area contributed by atoms with Gasteiger partial charge < -0.3 is 4.57 Å². The normalized spacial score (nSPS) is 12.0. The fourth-order valence-electron chi connectivity index (χ4n) is 4.62. The van der Waals surface area contributed by atoms with E-state index in [2.05, 4.69) is 38.7 Å². The van der Waals surface area contributed by atoms with E-state index in [1.807, 2.05) is 76.2 Å². The van der Waals surface area contributed by atoms with E-state index >= 15 is 0 Å². The molecule has 0 saturated heterocycles. The summed E-state index contributed by atoms with van der Waals surface area (Å²) < 4.78 is 4.43. The fourth-order valence-corrected chi connectivity index (χ4v) is 4.98. The van der Waals surface area contributed by atoms with E-state index in [-0.39, 0.29) is 5.56 Å². The van der Waals surface area contributed by atoms with Gasteiger partial charge in [0.05, 0.1) is 28.8 Å². The molecule has 0 fully saturated rings. The molecule has 184 valence electrons. The molecule has 3 aromatic carbocycles. The van der Waals surface area contributed by atoms with Crippen molar-refractivity contribution < 1.29 is 0 Å². The number of rotatable bonds is 4. The Balaban J connectivity index is 1.69. The first-order chi connectivity index (χ1) is 17.7. The first-order valence-electron chi connectivity index (χ1n) is 12.0. The number of aromatic nitrogens is 3. The smallest absolute Gasteiger partial charge is 0.282 e. The van der Waals surface area contributed by atoms with Gasteiger partial charge >= 0.3 is 0 Å². The number of para-hydroxylation sites is 1. The standard InChI is InChI=1S/C30H26BrN5O/c1-19-25(23-11-7-8-12-27(23)35(19)18-21-10-6-5-9-20(21)16-32)17-33-36-28(37)24-15-22(31)13-14-26(24)34-29(36)30(2,3)4/h5-15,17H,18H2,1-4H3. The Labute approximate surface area is 223 Å². The van der Waals surface area contributed by atoms with Gasteiger partial charge in [0.1, 0.15) is 5.82 Å². The molecular weight excluding hydrogens is 526 g/mol. The lowest BCUT2D eigenvalue weighted by molar-refractivity contribution is 0.506. The summed E-state index contributed by atoms with van der Waals surface area (Å²) in [5.74, 6) is 0.591. The summed E-state index contributed by atoms with van der Waals surface area (Å²) in [6, 6.07) is 23.6. The Morgan fingerprint density at radius 1 is 1.05 bits per heavy atom. The number of halogens is 1. The number of nitriles is 1. The van der Waals surface area contributed by atoms with Crippen LogP contribution in [0.2, 0.25) is 0 Å². The summed E-state index contributed by atoms with van der Waals surface area (Å²) in [4.78, 5) is 18.4. The molecule has 0 aliphatic carbocycles. The van der Waals surface area contributed by atoms with Crippen molar-refractivity contribution in [2.24, 2.45) is 5.10 Å². The van der Waals surface area contributed by atoms with E-state index in [0.717, 1.165) is 32.2 Å². The summed E-state index contributed by atoms with van der Waals surface area (Å²) in [6.07, 6.45) is 1.76. The van der Waals surface area contributed by atoms with Crippen LogP contribution in [0.5, 0.6) is 0 Å². The molecule has 6 nitrogen and oxygen atoms in total. The predicted molar refractivity (Wildman–Crippen MR) is 152 cm³/mol. The number of fused-ring (bicyclic) bond motifs is 2. The van der Waals surface area contributed by atoms with Crippen LogP contribution in [0.4, 0.5) is 0 Å². The Hall–Kier alpha value is -4.02. The molecule has 5 aromatic rings. The van der Waals surface area contributed by atoms with Crippen molar-refractivity contribution in [2.45, 2.75) is 39.7 Å². The second-order valence-electron chi connectivity index (χ2n) is 10.1. The van der Waals surface area contributed by atoms with Crippen LogP contribution in [0.3, 0.4) is 0 Å². The molecule has 0 N–H and O–H groups in total. The van der Waals surface area contributed by atoms with Gasteiger partial charge in [-0.2, -0.15) is 15.0 Å². The van der Waals surface area contributed by atoms with Crippen molar-refractivity contribution in [1.82, 2.24) is 14.2 Å². The second-order valence-corrected chi connectivity index (χ2v) is 11.0. The molecule has 0 unspecified atom stereocenters. The lowest BCUT2D eigenvalue weighted by atomic mass is 9.95. The maximum atomic E-state index is 13.6. The Morgan fingerprint density at radius 2 is 1.78 bits per heavy atom. The van der Waals surface area contributed by atoms with E-state index in [1.165, 1.54) is 4.68 Å². The molecule has 0 amide bonds. The molecule has 0 spiro atoms. The third-order valence-electron chi connectivity index (χ3n) is 6.53. The summed E-state index contributed by atoms with van der Waals surface area (Å²) in [5, 5.41) is 15.8. The fraction of sp³-hybridized carbons (Fsp3) is 0.200. The maximum absolute atomic E-state index is 13.6. The van der Waals surface area contributed by atoms with Crippen molar-refractivity contribution in [3.63, 3.8) is 0 Å². The Morgan fingerprint density at radius 3 is 2.54 bits per heavy atom. The van der Waals surface area contributed by atoms with Crippen LogP contribution in [-0.2, 0) is 12.0 Å². The van der Waals surface area contributed by atoms with Gasteiger partial charge in [0.15, 0.2) is 0 Å². The number of nitrogens with zero attached hydrogens (tertiary/aromatic N) is 5. The van der Waals surface area contributed by atoms with Gasteiger partial charge in [0.25, 0.3) is 5.56 Å². The van der Waals surface area contributed by atoms with Gasteiger partial charge in [-0.15, -0.1) is 0 Å². The second kappa shape index (κ2) is 9.45. The third kappa shape index (κ3) is 4.49. The summed E-state index contributed by atoms with van der Waals surface area (Å²) in [7, 11) is 0. The van der Waals surface area contributed by atoms with Crippen molar-refractivity contribution in [1.29, 1.82) is 5.26 Å². The van der Waals surface area contributed by atoms with Crippen LogP contribution >= 0.6 is 15.9 Å². The summed E-state index contributed by atoms with van der Waals surface area (Å²) in [6.45, 7) is 8.67. The zero-order chi connectivity index (χ0) is 26.3. The topological polar surface area (TPSA) is 76.0 Å². The number of hydrogen-bond acceptors (Lipinski definition) is 4. The molecule has 7 heteroatoms. The molecule has 37 heavy (non-hydrogen) atoms. The van der Waals surface area contributed by atoms with E-state index in [9.17, 15) is 10.1 Å². The lowest BCUT2D eigenvalue weighted by Crippen LogP contribution is -2.29. The lowest BCUT2D eigenvalue weighted by Gasteiger charge is -2.20. The minimum atomic E-state index is -0.401. The van der Waals surface area contributed by atoms with E-state index in [1.54, 1.807) is 12.3 Å². The third-order valence-corrected chi connectivity index (χ3v) is 7.02. The molecule has 0 saturated carbocycles. The van der Waals surface area contributed by atoms with Gasteiger partial charge in [-0.25, -0.2) is 4.98 Å². The van der Waals surface area contributed by atoms with Gasteiger partial charge in [-0.3, -0.25) is 4.79 Å².